The summed E-state index contributed by atoms with van der Waals surface area (Å²) in [5.41, 5.74) is 1.32. The Morgan fingerprint density at radius 2 is 2.36 bits per heavy atom. The van der Waals surface area contributed by atoms with E-state index in [9.17, 15) is 4.91 Å². The van der Waals surface area contributed by atoms with Crippen molar-refractivity contribution in [1.29, 1.82) is 0 Å². The molecule has 1 aromatic rings. The highest BCUT2D eigenvalue weighted by molar-refractivity contribution is 6.64. The molecule has 0 aromatic carbocycles. The minimum absolute atomic E-state index is 0.431. The zero-order valence-corrected chi connectivity index (χ0v) is 6.06. The van der Waals surface area contributed by atoms with E-state index in [1.807, 2.05) is 6.92 Å². The molecular weight excluding hydrogens is 143 g/mol. The van der Waals surface area contributed by atoms with Gasteiger partial charge in [-0.1, -0.05) is 11.2 Å². The monoisotopic (exact) mass is 150 g/mol. The Kier molecular flexibility index (Phi) is 2.33. The van der Waals surface area contributed by atoms with Gasteiger partial charge in [0.1, 0.15) is 0 Å². The molecule has 1 N–H and O–H groups in total. The molecule has 1 rings (SSSR count). The summed E-state index contributed by atoms with van der Waals surface area (Å²) < 4.78 is 0. The summed E-state index contributed by atoms with van der Waals surface area (Å²) in [5.74, 6) is 0. The number of aromatic nitrogens is 1. The van der Waals surface area contributed by atoms with Crippen LogP contribution in [0.1, 0.15) is 5.56 Å². The lowest BCUT2D eigenvalue weighted by Crippen LogP contribution is -2.28. The van der Waals surface area contributed by atoms with Gasteiger partial charge in [-0.15, -0.1) is 0 Å². The molecule has 5 heteroatoms. The second-order valence-corrected chi connectivity index (χ2v) is 2.27. The molecule has 0 aliphatic carbocycles. The van der Waals surface area contributed by atoms with Crippen LogP contribution in [0.15, 0.2) is 23.5 Å². The Bertz CT molecular complexity index is 267. The lowest BCUT2D eigenvalue weighted by molar-refractivity contribution is 0.587. The van der Waals surface area contributed by atoms with Gasteiger partial charge in [0.15, 0.2) is 0 Å². The maximum Gasteiger partial charge on any atom is 0.519 e. The third-order valence-electron chi connectivity index (χ3n) is 1.29. The molecule has 0 radical (unpaired) electrons. The average Bonchev–Trinajstić information content (AvgIpc) is 2.03. The Hall–Kier alpha value is -1.23. The lowest BCUT2D eigenvalue weighted by atomic mass is 9.76. The minimum atomic E-state index is -1.29. The van der Waals surface area contributed by atoms with Gasteiger partial charge in [-0.25, -0.2) is 0 Å². The number of nitroso groups, excluding NO2 is 1. The van der Waals surface area contributed by atoms with Gasteiger partial charge in [0.2, 0.25) is 0 Å². The number of hydrogen-bond donors (Lipinski definition) is 1. The van der Waals surface area contributed by atoms with E-state index in [-0.39, 0.29) is 0 Å². The van der Waals surface area contributed by atoms with Crippen LogP contribution in [0, 0.1) is 11.8 Å². The van der Waals surface area contributed by atoms with Gasteiger partial charge in [0.25, 0.3) is 0 Å². The van der Waals surface area contributed by atoms with Crippen molar-refractivity contribution in [3.63, 3.8) is 0 Å². The molecule has 11 heavy (non-hydrogen) atoms. The first-order valence-corrected chi connectivity index (χ1v) is 3.16. The molecule has 0 saturated carbocycles. The van der Waals surface area contributed by atoms with E-state index in [4.69, 9.17) is 5.02 Å². The van der Waals surface area contributed by atoms with Gasteiger partial charge in [0, 0.05) is 12.4 Å². The highest BCUT2D eigenvalue weighted by Gasteiger charge is 2.15. The minimum Gasteiger partial charge on any atom is -0.425 e. The lowest BCUT2D eigenvalue weighted by Gasteiger charge is -1.96. The zero-order valence-electron chi connectivity index (χ0n) is 6.06. The largest absolute Gasteiger partial charge is 0.519 e. The maximum absolute atomic E-state index is 9.89. The molecule has 0 unspecified atom stereocenters. The summed E-state index contributed by atoms with van der Waals surface area (Å²) in [6.45, 7) is 1.83. The number of rotatable bonds is 2. The molecule has 0 bridgehead atoms. The highest BCUT2D eigenvalue weighted by Crippen LogP contribution is 1.90. The Morgan fingerprint density at radius 1 is 1.64 bits per heavy atom. The number of hydrogen-bond acceptors (Lipinski definition) is 4. The predicted octanol–water partition coefficient (Wildman–Crippen LogP) is -0.156. The SMILES string of the molecule is Cc1cncc(B(O)N=O)c1. The molecule has 1 heterocycles. The van der Waals surface area contributed by atoms with Crippen LogP contribution in [0.25, 0.3) is 0 Å². The van der Waals surface area contributed by atoms with Crippen molar-refractivity contribution >= 4 is 12.5 Å². The van der Waals surface area contributed by atoms with Crippen molar-refractivity contribution < 1.29 is 5.02 Å². The van der Waals surface area contributed by atoms with Crippen molar-refractivity contribution in [2.24, 2.45) is 5.09 Å². The molecule has 0 aliphatic rings. The van der Waals surface area contributed by atoms with E-state index in [1.54, 1.807) is 12.3 Å². The Morgan fingerprint density at radius 3 is 2.91 bits per heavy atom. The summed E-state index contributed by atoms with van der Waals surface area (Å²) in [4.78, 5) is 13.7. The summed E-state index contributed by atoms with van der Waals surface area (Å²) >= 11 is 0. The van der Waals surface area contributed by atoms with E-state index >= 15 is 0 Å². The first kappa shape index (κ1) is 7.88. The van der Waals surface area contributed by atoms with Crippen molar-refractivity contribution in [1.82, 2.24) is 4.98 Å². The van der Waals surface area contributed by atoms with Crippen LogP contribution >= 0.6 is 0 Å². The van der Waals surface area contributed by atoms with Crippen molar-refractivity contribution in [2.45, 2.75) is 6.92 Å². The Balaban J connectivity index is 2.95. The molecule has 4 nitrogen and oxygen atoms in total. The second-order valence-electron chi connectivity index (χ2n) is 2.27. The number of pyridine rings is 1. The van der Waals surface area contributed by atoms with Crippen molar-refractivity contribution in [2.75, 3.05) is 0 Å². The van der Waals surface area contributed by atoms with Crippen LogP contribution in [0.4, 0.5) is 0 Å². The smallest absolute Gasteiger partial charge is 0.425 e. The molecule has 0 amide bonds. The highest BCUT2D eigenvalue weighted by atomic mass is 16.3. The molecule has 0 saturated heterocycles. The van der Waals surface area contributed by atoms with E-state index < -0.39 is 7.05 Å². The van der Waals surface area contributed by atoms with Crippen LogP contribution < -0.4 is 5.46 Å². The fraction of sp³-hybridized carbons (Fsp3) is 0.167. The molecule has 0 aliphatic heterocycles. The first-order valence-electron chi connectivity index (χ1n) is 3.16. The van der Waals surface area contributed by atoms with Crippen LogP contribution in [-0.2, 0) is 0 Å². The molecule has 0 atom stereocenters. The summed E-state index contributed by atoms with van der Waals surface area (Å²) in [5, 5.41) is 11.4. The van der Waals surface area contributed by atoms with Gasteiger partial charge in [-0.2, -0.15) is 4.91 Å². The van der Waals surface area contributed by atoms with Gasteiger partial charge in [0.05, 0.1) is 0 Å². The van der Waals surface area contributed by atoms with Crippen molar-refractivity contribution in [3.8, 4) is 0 Å². The second kappa shape index (κ2) is 3.25. The van der Waals surface area contributed by atoms with E-state index in [1.165, 1.54) is 6.20 Å². The quantitative estimate of drug-likeness (QED) is 0.470. The molecule has 1 aromatic heterocycles. The van der Waals surface area contributed by atoms with Gasteiger partial charge < -0.3 is 5.02 Å². The normalized spacial score (nSPS) is 9.27. The van der Waals surface area contributed by atoms with Crippen LogP contribution in [-0.4, -0.2) is 17.1 Å². The third kappa shape index (κ3) is 1.85. The topological polar surface area (TPSA) is 62.6 Å². The van der Waals surface area contributed by atoms with Gasteiger partial charge >= 0.3 is 7.05 Å². The van der Waals surface area contributed by atoms with Gasteiger partial charge in [-0.3, -0.25) is 4.98 Å². The fourth-order valence-corrected chi connectivity index (χ4v) is 0.780. The first-order chi connectivity index (χ1) is 5.24. The van der Waals surface area contributed by atoms with Crippen LogP contribution in [0.5, 0.6) is 0 Å². The Labute approximate surface area is 64.4 Å². The van der Waals surface area contributed by atoms with E-state index in [0.717, 1.165) is 5.56 Å². The molecule has 0 fully saturated rings. The van der Waals surface area contributed by atoms with Crippen molar-refractivity contribution in [3.05, 3.63) is 28.9 Å². The maximum atomic E-state index is 9.89. The van der Waals surface area contributed by atoms with Crippen LogP contribution in [0.2, 0.25) is 0 Å². The third-order valence-corrected chi connectivity index (χ3v) is 1.29. The van der Waals surface area contributed by atoms with E-state index in [0.29, 0.717) is 5.46 Å². The van der Waals surface area contributed by atoms with E-state index in [2.05, 4.69) is 10.1 Å². The summed E-state index contributed by atoms with van der Waals surface area (Å²) in [6.07, 6.45) is 3.06. The molecule has 0 spiro atoms. The predicted molar refractivity (Wildman–Crippen MR) is 42.4 cm³/mol. The standard InChI is InChI=1S/C6H7BN2O2/c1-5-2-6(4-8-3-5)7(10)9-11/h2-4,10H,1H3. The average molecular weight is 150 g/mol. The zero-order chi connectivity index (χ0) is 8.27. The summed E-state index contributed by atoms with van der Waals surface area (Å²) in [6, 6.07) is 1.67. The number of nitrogens with zero attached hydrogens (tertiary/aromatic N) is 2. The fourth-order valence-electron chi connectivity index (χ4n) is 0.780. The van der Waals surface area contributed by atoms with Crippen LogP contribution in [0.3, 0.4) is 0 Å². The molecule has 56 valence electrons. The molecular formula is C6H7BN2O2. The number of aryl methyl sites for hydroxylation is 1. The summed E-state index contributed by atoms with van der Waals surface area (Å²) in [7, 11) is -1.29. The van der Waals surface area contributed by atoms with Gasteiger partial charge in [-0.05, 0) is 17.9 Å².